The van der Waals surface area contributed by atoms with Crippen molar-refractivity contribution >= 4 is 22.6 Å². The molecule has 0 saturated carbocycles. The molecular weight excluding hydrogens is 375 g/mol. The van der Waals surface area contributed by atoms with Gasteiger partial charge >= 0.3 is 6.36 Å². The first-order valence-corrected chi connectivity index (χ1v) is 7.93. The van der Waals surface area contributed by atoms with E-state index in [-0.39, 0.29) is 17.2 Å². The van der Waals surface area contributed by atoms with E-state index in [1.807, 2.05) is 0 Å². The molecule has 27 heavy (non-hydrogen) atoms. The van der Waals surface area contributed by atoms with Crippen molar-refractivity contribution in [1.29, 1.82) is 0 Å². The lowest BCUT2D eigenvalue weighted by Gasteiger charge is -2.33. The number of ether oxygens (including phenoxy) is 1. The minimum absolute atomic E-state index is 0.0370. The number of benzene rings is 1. The molecule has 1 aliphatic heterocycles. The van der Waals surface area contributed by atoms with Gasteiger partial charge in [0, 0.05) is 24.5 Å². The molecule has 6 nitrogen and oxygen atoms in total. The Balaban J connectivity index is 0.000000817. The summed E-state index contributed by atoms with van der Waals surface area (Å²) in [5.41, 5.74) is 0.290. The Hall–Kier alpha value is -2.72. The summed E-state index contributed by atoms with van der Waals surface area (Å²) in [6.45, 7) is 1.46. The number of aromatic nitrogens is 2. The number of likely N-dealkylation sites (tertiary alicyclic amines) is 1. The third-order valence-electron chi connectivity index (χ3n) is 3.73. The molecule has 1 atom stereocenters. The van der Waals surface area contributed by atoms with Gasteiger partial charge < -0.3 is 15.0 Å². The molecule has 1 aliphatic rings. The van der Waals surface area contributed by atoms with Crippen molar-refractivity contribution in [2.24, 2.45) is 0 Å². The molecule has 0 radical (unpaired) electrons. The van der Waals surface area contributed by atoms with Crippen LogP contribution in [0.25, 0.3) is 10.9 Å². The molecule has 1 fully saturated rings. The quantitative estimate of drug-likeness (QED) is 0.808. The molecule has 0 bridgehead atoms. The summed E-state index contributed by atoms with van der Waals surface area (Å²) >= 11 is 0. The fraction of sp³-hybridized carbons (Fsp3) is 0.438. The highest BCUT2D eigenvalue weighted by atomic mass is 19.4. The maximum Gasteiger partial charge on any atom is 0.573 e. The van der Waals surface area contributed by atoms with Crippen LogP contribution >= 0.6 is 0 Å². The van der Waals surface area contributed by atoms with Gasteiger partial charge in [0.25, 0.3) is 0 Å². The number of fused-ring (bicyclic) bond motifs is 1. The van der Waals surface area contributed by atoms with Crippen LogP contribution in [0.3, 0.4) is 0 Å². The molecular formula is C16H17F5N4O2. The first kappa shape index (κ1) is 20.6. The zero-order valence-electron chi connectivity index (χ0n) is 14.3. The number of hydrogen-bond donors (Lipinski definition) is 1. The summed E-state index contributed by atoms with van der Waals surface area (Å²) < 4.78 is 60.0. The SMILES string of the molecule is C[C@@H](Nc1ncnc2cc(OC(F)(F)F)ccc12)C(=O)N1CCC1.FCF. The molecule has 0 unspecified atom stereocenters. The van der Waals surface area contributed by atoms with Gasteiger partial charge in [-0.15, -0.1) is 13.2 Å². The number of carbonyl (C=O) groups is 1. The van der Waals surface area contributed by atoms with E-state index in [0.29, 0.717) is 11.2 Å². The summed E-state index contributed by atoms with van der Waals surface area (Å²) in [4.78, 5) is 21.9. The van der Waals surface area contributed by atoms with Crippen LogP contribution in [-0.4, -0.2) is 53.2 Å². The third-order valence-corrected chi connectivity index (χ3v) is 3.73. The molecule has 1 aromatic heterocycles. The van der Waals surface area contributed by atoms with E-state index in [9.17, 15) is 26.7 Å². The Labute approximate surface area is 151 Å². The lowest BCUT2D eigenvalue weighted by Crippen LogP contribution is -2.48. The van der Waals surface area contributed by atoms with E-state index in [1.54, 1.807) is 11.8 Å². The van der Waals surface area contributed by atoms with Crippen LogP contribution in [-0.2, 0) is 4.79 Å². The van der Waals surface area contributed by atoms with E-state index < -0.39 is 19.3 Å². The summed E-state index contributed by atoms with van der Waals surface area (Å²) in [5, 5.41) is 3.51. The average molecular weight is 392 g/mol. The maximum atomic E-state index is 12.3. The van der Waals surface area contributed by atoms with Crippen LogP contribution in [0.4, 0.5) is 27.8 Å². The summed E-state index contributed by atoms with van der Waals surface area (Å²) in [7, 11) is 0. The number of anilines is 1. The minimum Gasteiger partial charge on any atom is -0.406 e. The van der Waals surface area contributed by atoms with E-state index in [0.717, 1.165) is 19.5 Å². The number of rotatable bonds is 4. The van der Waals surface area contributed by atoms with Gasteiger partial charge in [-0.2, -0.15) is 0 Å². The van der Waals surface area contributed by atoms with Crippen molar-refractivity contribution < 1.29 is 31.5 Å². The molecule has 1 amide bonds. The predicted octanol–water partition coefficient (Wildman–Crippen LogP) is 3.44. The van der Waals surface area contributed by atoms with Crippen molar-refractivity contribution in [3.8, 4) is 5.75 Å². The highest BCUT2D eigenvalue weighted by molar-refractivity contribution is 5.92. The Kier molecular flexibility index (Phi) is 6.70. The summed E-state index contributed by atoms with van der Waals surface area (Å²) in [5.74, 6) is -0.00526. The molecule has 0 spiro atoms. The zero-order chi connectivity index (χ0) is 20.0. The molecule has 2 heterocycles. The molecule has 0 aliphatic carbocycles. The smallest absolute Gasteiger partial charge is 0.406 e. The molecule has 3 rings (SSSR count). The molecule has 1 N–H and O–H groups in total. The van der Waals surface area contributed by atoms with Gasteiger partial charge in [-0.25, -0.2) is 18.7 Å². The van der Waals surface area contributed by atoms with Crippen LogP contribution in [0.5, 0.6) is 5.75 Å². The third kappa shape index (κ3) is 5.63. The molecule has 148 valence electrons. The van der Waals surface area contributed by atoms with Crippen molar-refractivity contribution in [1.82, 2.24) is 14.9 Å². The number of carbonyl (C=O) groups excluding carboxylic acids is 1. The maximum absolute atomic E-state index is 12.3. The van der Waals surface area contributed by atoms with Gasteiger partial charge in [-0.05, 0) is 25.5 Å². The van der Waals surface area contributed by atoms with Gasteiger partial charge in [0.2, 0.25) is 12.8 Å². The number of alkyl halides is 5. The Morgan fingerprint density at radius 1 is 1.30 bits per heavy atom. The van der Waals surface area contributed by atoms with Gasteiger partial charge in [0.15, 0.2) is 0 Å². The number of nitrogens with one attached hydrogen (secondary N) is 1. The molecule has 1 saturated heterocycles. The monoisotopic (exact) mass is 392 g/mol. The van der Waals surface area contributed by atoms with Gasteiger partial charge in [0.05, 0.1) is 5.52 Å². The van der Waals surface area contributed by atoms with E-state index in [4.69, 9.17) is 0 Å². The van der Waals surface area contributed by atoms with Crippen molar-refractivity contribution in [2.75, 3.05) is 25.3 Å². The van der Waals surface area contributed by atoms with Crippen molar-refractivity contribution in [3.05, 3.63) is 24.5 Å². The van der Waals surface area contributed by atoms with Crippen molar-refractivity contribution in [3.63, 3.8) is 0 Å². The highest BCUT2D eigenvalue weighted by Crippen LogP contribution is 2.28. The largest absolute Gasteiger partial charge is 0.573 e. The van der Waals surface area contributed by atoms with Gasteiger partial charge in [-0.3, -0.25) is 4.79 Å². The predicted molar refractivity (Wildman–Crippen MR) is 87.6 cm³/mol. The fourth-order valence-electron chi connectivity index (χ4n) is 2.43. The molecule has 1 aromatic carbocycles. The summed E-state index contributed by atoms with van der Waals surface area (Å²) in [6.07, 6.45) is -2.54. The van der Waals surface area contributed by atoms with Crippen LogP contribution < -0.4 is 10.1 Å². The normalized spacial score (nSPS) is 14.7. The van der Waals surface area contributed by atoms with Crippen molar-refractivity contribution in [2.45, 2.75) is 25.7 Å². The van der Waals surface area contributed by atoms with Crippen LogP contribution in [0, 0.1) is 0 Å². The Morgan fingerprint density at radius 2 is 1.96 bits per heavy atom. The zero-order valence-corrected chi connectivity index (χ0v) is 14.3. The standard InChI is InChI=1S/C15H15F3N4O2.CH2F2/c1-9(14(23)22-5-2-6-22)21-13-11-4-3-10(24-15(16,17)18)7-12(11)19-8-20-13;2-1-3/h3-4,7-9H,2,5-6H2,1H3,(H,19,20,21);1H2/t9-;/m1./s1. The van der Waals surface area contributed by atoms with Gasteiger partial charge in [-0.1, -0.05) is 0 Å². The number of amides is 1. The lowest BCUT2D eigenvalue weighted by molar-refractivity contribution is -0.274. The van der Waals surface area contributed by atoms with Crippen LogP contribution in [0.15, 0.2) is 24.5 Å². The average Bonchev–Trinajstić information content (AvgIpc) is 2.52. The number of halogens is 5. The minimum atomic E-state index is -4.76. The Bertz CT molecular complexity index is 783. The fourth-order valence-corrected chi connectivity index (χ4v) is 2.43. The molecule has 11 heteroatoms. The molecule has 2 aromatic rings. The second-order valence-corrected chi connectivity index (χ2v) is 5.59. The van der Waals surface area contributed by atoms with Gasteiger partial charge in [0.1, 0.15) is 23.9 Å². The van der Waals surface area contributed by atoms with Crippen LogP contribution in [0.1, 0.15) is 13.3 Å². The topological polar surface area (TPSA) is 67.4 Å². The van der Waals surface area contributed by atoms with Crippen LogP contribution in [0.2, 0.25) is 0 Å². The van der Waals surface area contributed by atoms with E-state index in [1.165, 1.54) is 24.5 Å². The van der Waals surface area contributed by atoms with E-state index in [2.05, 4.69) is 20.0 Å². The first-order chi connectivity index (χ1) is 12.7. The Morgan fingerprint density at radius 3 is 2.52 bits per heavy atom. The first-order valence-electron chi connectivity index (χ1n) is 7.93. The number of hydrogen-bond acceptors (Lipinski definition) is 5. The highest BCUT2D eigenvalue weighted by Gasteiger charge is 2.31. The van der Waals surface area contributed by atoms with E-state index >= 15 is 0 Å². The second kappa shape index (κ2) is 8.78. The summed E-state index contributed by atoms with van der Waals surface area (Å²) in [6, 6.07) is 3.30. The number of nitrogens with zero attached hydrogens (tertiary/aromatic N) is 3. The lowest BCUT2D eigenvalue weighted by atomic mass is 10.1. The second-order valence-electron chi connectivity index (χ2n) is 5.59.